The first-order valence-corrected chi connectivity index (χ1v) is 43.7. The van der Waals surface area contributed by atoms with E-state index in [0.717, 1.165) is 154 Å². The summed E-state index contributed by atoms with van der Waals surface area (Å²) in [6.07, 6.45) is 10.7. The molecular formula is C88H116BrCl2N19O17. The summed E-state index contributed by atoms with van der Waals surface area (Å²) in [7, 11) is 4.55. The summed E-state index contributed by atoms with van der Waals surface area (Å²) in [5.41, 5.74) is 4.58. The van der Waals surface area contributed by atoms with Crippen LogP contribution in [0.3, 0.4) is 0 Å². The van der Waals surface area contributed by atoms with Gasteiger partial charge in [0.25, 0.3) is 17.1 Å². The molecule has 8 fully saturated rings. The van der Waals surface area contributed by atoms with Crippen LogP contribution in [0.1, 0.15) is 126 Å². The molecule has 0 saturated carbocycles. The first kappa shape index (κ1) is 97.9. The second-order valence-corrected chi connectivity index (χ2v) is 37.2. The van der Waals surface area contributed by atoms with Gasteiger partial charge in [-0.1, -0.05) is 52.6 Å². The molecule has 8 aliphatic heterocycles. The van der Waals surface area contributed by atoms with Crippen LogP contribution in [0.2, 0.25) is 10.0 Å². The van der Waals surface area contributed by atoms with Crippen molar-refractivity contribution in [3.63, 3.8) is 0 Å². The number of likely N-dealkylation sites (tertiary alicyclic amines) is 3. The molecule has 7 amide bonds. The Morgan fingerprint density at radius 3 is 1.40 bits per heavy atom. The molecule has 36 nitrogen and oxygen atoms in total. The van der Waals surface area contributed by atoms with Crippen molar-refractivity contribution in [2.24, 2.45) is 21.7 Å². The predicted octanol–water partition coefficient (Wildman–Crippen LogP) is 14.9. The number of amides is 7. The highest BCUT2D eigenvalue weighted by Crippen LogP contribution is 2.47. The van der Waals surface area contributed by atoms with E-state index < -0.39 is 20.4 Å². The number of nitrogens with zero attached hydrogens (tertiary/aromatic N) is 12. The van der Waals surface area contributed by atoms with E-state index in [9.17, 15) is 63.9 Å². The zero-order valence-corrected chi connectivity index (χ0v) is 77.4. The van der Waals surface area contributed by atoms with Gasteiger partial charge < -0.3 is 85.6 Å². The summed E-state index contributed by atoms with van der Waals surface area (Å²) < 4.78 is 22.1. The van der Waals surface area contributed by atoms with E-state index in [-0.39, 0.29) is 103 Å². The van der Waals surface area contributed by atoms with Gasteiger partial charge in [-0.2, -0.15) is 0 Å². The minimum absolute atomic E-state index is 0.0258. The van der Waals surface area contributed by atoms with Crippen LogP contribution in [0.15, 0.2) is 108 Å². The molecule has 39 heteroatoms. The summed E-state index contributed by atoms with van der Waals surface area (Å²) >= 11 is 16.1. The minimum atomic E-state index is -0.546. The van der Waals surface area contributed by atoms with Gasteiger partial charge in [-0.15, -0.1) is 0 Å². The lowest BCUT2D eigenvalue weighted by atomic mass is 9.86. The number of carbonyl (C=O) groups excluding carboxylic acids is 7. The van der Waals surface area contributed by atoms with Crippen LogP contribution < -0.4 is 66.3 Å². The van der Waals surface area contributed by atoms with Gasteiger partial charge in [-0.3, -0.25) is 59.2 Å². The van der Waals surface area contributed by atoms with Crippen molar-refractivity contribution < 1.29 is 67.3 Å². The van der Waals surface area contributed by atoms with E-state index in [1.807, 2.05) is 70.7 Å². The van der Waals surface area contributed by atoms with Crippen LogP contribution in [0, 0.1) is 52.0 Å². The number of halogens is 3. The number of methoxy groups -OCH3 is 2. The number of likely N-dealkylation sites (N-methyl/N-ethyl adjacent to an activating group) is 1. The topological polar surface area (TPSA) is 418 Å². The van der Waals surface area contributed by atoms with Crippen molar-refractivity contribution in [3.8, 4) is 11.5 Å². The Morgan fingerprint density at radius 1 is 0.543 bits per heavy atom. The number of ether oxygens (including phenoxy) is 4. The standard InChI is InChI=1S/C33H39Cl2N7O4.C20H28N4O5.C15H20N4O3.C12H22N2O2.C8H7BrN2O3/c1-6-29(43)39-24-14-21(42-13-11-33(19-42)10-12-41(7-2)18-33)8-9-23(24)38-27-17-28(37-20-36-27)40(3)30(44)15-22-31(34)25(45-4)16-26(46-5)32(22)35;1-14(25)21-16-6-5-15(11-17(16)24(27)28)22-9-7-20(12-22)8-10-23(13-20)18(26)29-19(2,3)4;1-11(20)17-13-3-2-12(8-14(13)19(21)22)18-7-5-15(10-18)4-6-16-9-15;1-11(2,3)16-10(15)14-7-5-12(9-14)4-6-13-8-12;1-5(12)10-7-3-2-6(9)4-8(7)11(13)14/h6,8-9,14,16-17,20H,1,7,10-13,15,18-19H2,2-5H3,(H,39,43)(H,36,37,38);5-6,11H,7-10,12-13H2,1-4H3,(H,21,25);2-3,8,16H,4-7,9-10H2,1H3,(H,17,20);13H,4-9H2,1-3H3;2-4H,1H3,(H,10,12). The van der Waals surface area contributed by atoms with Crippen LogP contribution >= 0.6 is 39.1 Å². The SMILES string of the molecule is C=CC(=O)Nc1cc(N2CCC3(CCN(CC)C3)C2)ccc1Nc1cc(N(C)C(=O)Cc2c(Cl)c(OC)cc(OC)c2Cl)ncn1.CC(=O)Nc1ccc(Br)cc1[N+](=O)[O-].CC(=O)Nc1ccc(N2CCC3(CCN(C(=O)OC(C)(C)C)C3)C2)cc1[N+](=O)[O-].CC(=O)Nc1ccc(N2CCC3(CCNC3)C2)cc1[N+](=O)[O-].CC(C)(C)OC(=O)N1CCC2(CCNC2)C1. The number of nitrogens with one attached hydrogen (secondary N) is 7. The molecule has 8 aliphatic rings. The molecule has 5 aromatic carbocycles. The predicted molar refractivity (Wildman–Crippen MR) is 494 cm³/mol. The van der Waals surface area contributed by atoms with Crippen LogP contribution in [-0.4, -0.2) is 225 Å². The Bertz CT molecular complexity index is 5050. The Morgan fingerprint density at radius 2 is 0.961 bits per heavy atom. The molecule has 686 valence electrons. The lowest BCUT2D eigenvalue weighted by Crippen LogP contribution is -2.37. The summed E-state index contributed by atoms with van der Waals surface area (Å²) in [6.45, 7) is 36.9. The second-order valence-electron chi connectivity index (χ2n) is 35.5. The maximum Gasteiger partial charge on any atom is 0.410 e. The third-order valence-electron chi connectivity index (χ3n) is 23.7. The maximum atomic E-state index is 13.4. The Balaban J connectivity index is 0.000000178. The zero-order chi connectivity index (χ0) is 92.7. The second kappa shape index (κ2) is 42.1. The van der Waals surface area contributed by atoms with E-state index in [2.05, 4.69) is 96.2 Å². The molecular weight excluding hydrogens is 1750 g/mol. The molecule has 6 aromatic rings. The molecule has 4 spiro atoms. The van der Waals surface area contributed by atoms with Gasteiger partial charge >= 0.3 is 12.2 Å². The van der Waals surface area contributed by atoms with Crippen LogP contribution in [0.25, 0.3) is 0 Å². The van der Waals surface area contributed by atoms with Crippen molar-refractivity contribution >= 4 is 155 Å². The highest BCUT2D eigenvalue weighted by molar-refractivity contribution is 9.10. The summed E-state index contributed by atoms with van der Waals surface area (Å²) in [5.74, 6) is -0.185. The third kappa shape index (κ3) is 26.0. The number of hydrogen-bond donors (Lipinski definition) is 7. The minimum Gasteiger partial charge on any atom is -0.495 e. The number of aromatic nitrogens is 2. The number of carbonyl (C=O) groups is 7. The van der Waals surface area contributed by atoms with Gasteiger partial charge in [0.2, 0.25) is 29.5 Å². The number of nitro groups is 3. The third-order valence-corrected chi connectivity index (χ3v) is 25.1. The largest absolute Gasteiger partial charge is 0.495 e. The fourth-order valence-electron chi connectivity index (χ4n) is 17.2. The summed E-state index contributed by atoms with van der Waals surface area (Å²) in [6, 6.07) is 23.5. The van der Waals surface area contributed by atoms with Crippen molar-refractivity contribution in [1.82, 2.24) is 35.3 Å². The first-order chi connectivity index (χ1) is 60.0. The van der Waals surface area contributed by atoms with E-state index in [4.69, 9.17) is 42.1 Å². The van der Waals surface area contributed by atoms with E-state index in [1.165, 1.54) is 83.3 Å². The number of rotatable bonds is 19. The molecule has 4 unspecified atom stereocenters. The monoisotopic (exact) mass is 1860 g/mol. The summed E-state index contributed by atoms with van der Waals surface area (Å²) in [5, 5.41) is 54.1. The Labute approximate surface area is 757 Å². The molecule has 1 aromatic heterocycles. The van der Waals surface area contributed by atoms with E-state index in [1.54, 1.807) is 54.4 Å². The fraction of sp³-hybridized carbons (Fsp3) is 0.511. The van der Waals surface area contributed by atoms with E-state index >= 15 is 0 Å². The average Bonchev–Trinajstić information content (AvgIpc) is 1.64. The first-order valence-electron chi connectivity index (χ1n) is 42.2. The van der Waals surface area contributed by atoms with Gasteiger partial charge in [0.1, 0.15) is 57.7 Å². The Kier molecular flexibility index (Phi) is 32.5. The number of benzene rings is 5. The normalized spacial score (nSPS) is 20.3. The molecule has 7 N–H and O–H groups in total. The molecule has 0 aliphatic carbocycles. The number of hydrogen-bond acceptors (Lipinski definition) is 26. The highest BCUT2D eigenvalue weighted by atomic mass is 79.9. The van der Waals surface area contributed by atoms with Crippen LogP contribution in [-0.2, 0) is 39.9 Å². The maximum absolute atomic E-state index is 13.4. The molecule has 0 bridgehead atoms. The molecule has 4 atom stereocenters. The number of anilines is 10. The lowest BCUT2D eigenvalue weighted by molar-refractivity contribution is -0.384. The van der Waals surface area contributed by atoms with Crippen LogP contribution in [0.4, 0.5) is 83.8 Å². The quantitative estimate of drug-likeness (QED) is 0.0225. The van der Waals surface area contributed by atoms with Gasteiger partial charge in [0, 0.05) is 192 Å². The average molecular weight is 1860 g/mol. The van der Waals surface area contributed by atoms with Crippen LogP contribution in [0.5, 0.6) is 11.5 Å². The van der Waals surface area contributed by atoms with Crippen molar-refractivity contribution in [3.05, 3.63) is 154 Å². The molecule has 9 heterocycles. The highest BCUT2D eigenvalue weighted by Gasteiger charge is 2.48. The molecule has 127 heavy (non-hydrogen) atoms. The van der Waals surface area contributed by atoms with Gasteiger partial charge in [-0.25, -0.2) is 19.6 Å². The zero-order valence-electron chi connectivity index (χ0n) is 74.3. The van der Waals surface area contributed by atoms with Gasteiger partial charge in [0.15, 0.2) is 0 Å². The molecule has 8 saturated heterocycles. The number of nitro benzene ring substituents is 3. The smallest absolute Gasteiger partial charge is 0.410 e. The lowest BCUT2D eigenvalue weighted by Gasteiger charge is -2.27. The molecule has 14 rings (SSSR count). The van der Waals surface area contributed by atoms with Crippen molar-refractivity contribution in [2.75, 3.05) is 179 Å². The fourth-order valence-corrected chi connectivity index (χ4v) is 18.2. The van der Waals surface area contributed by atoms with E-state index in [0.29, 0.717) is 73.9 Å². The Hall–Kier alpha value is -11.2. The summed E-state index contributed by atoms with van der Waals surface area (Å²) in [4.78, 5) is 138. The van der Waals surface area contributed by atoms with Gasteiger partial charge in [0.05, 0.1) is 56.8 Å². The molecule has 0 radical (unpaired) electrons. The van der Waals surface area contributed by atoms with Gasteiger partial charge in [-0.05, 0) is 180 Å². The van der Waals surface area contributed by atoms with Crippen molar-refractivity contribution in [1.29, 1.82) is 0 Å². The van der Waals surface area contributed by atoms with Crippen molar-refractivity contribution in [2.45, 2.75) is 138 Å².